The molecule has 0 aliphatic heterocycles. The Morgan fingerprint density at radius 1 is 1.33 bits per heavy atom. The van der Waals surface area contributed by atoms with E-state index in [1.165, 1.54) is 18.2 Å². The molecule has 98 valence electrons. The van der Waals surface area contributed by atoms with Gasteiger partial charge in [0, 0.05) is 6.42 Å². The molecule has 1 aromatic rings. The van der Waals surface area contributed by atoms with Crippen LogP contribution < -0.4 is 5.32 Å². The van der Waals surface area contributed by atoms with Crippen molar-refractivity contribution in [2.24, 2.45) is 5.92 Å². The van der Waals surface area contributed by atoms with Crippen LogP contribution in [0.25, 0.3) is 0 Å². The number of carbonyl (C=O) groups is 2. The van der Waals surface area contributed by atoms with Gasteiger partial charge in [-0.3, -0.25) is 4.79 Å². The molecule has 3 N–H and O–H groups in total. The van der Waals surface area contributed by atoms with Crippen LogP contribution in [0.5, 0.6) is 5.75 Å². The van der Waals surface area contributed by atoms with Crippen molar-refractivity contribution >= 4 is 17.6 Å². The van der Waals surface area contributed by atoms with Crippen LogP contribution in [0.4, 0.5) is 5.69 Å². The van der Waals surface area contributed by atoms with Gasteiger partial charge in [0.1, 0.15) is 5.56 Å². The number of aromatic carboxylic acids is 1. The number of rotatable bonds is 5. The van der Waals surface area contributed by atoms with E-state index >= 15 is 0 Å². The molecule has 0 unspecified atom stereocenters. The number of para-hydroxylation sites is 1. The summed E-state index contributed by atoms with van der Waals surface area (Å²) in [6.45, 7) is 4.02. The topological polar surface area (TPSA) is 86.6 Å². The van der Waals surface area contributed by atoms with Gasteiger partial charge < -0.3 is 15.5 Å². The van der Waals surface area contributed by atoms with Gasteiger partial charge >= 0.3 is 5.97 Å². The second-order valence-corrected chi connectivity index (χ2v) is 4.49. The molecule has 0 bridgehead atoms. The van der Waals surface area contributed by atoms with Crippen LogP contribution in [0.1, 0.15) is 37.0 Å². The molecule has 18 heavy (non-hydrogen) atoms. The van der Waals surface area contributed by atoms with Crippen LogP contribution in [0.15, 0.2) is 18.2 Å². The summed E-state index contributed by atoms with van der Waals surface area (Å²) in [5.74, 6) is -1.47. The smallest absolute Gasteiger partial charge is 0.339 e. The van der Waals surface area contributed by atoms with Crippen molar-refractivity contribution in [2.75, 3.05) is 5.32 Å². The molecule has 0 radical (unpaired) electrons. The van der Waals surface area contributed by atoms with E-state index in [9.17, 15) is 14.7 Å². The average Bonchev–Trinajstić information content (AvgIpc) is 2.29. The molecule has 0 saturated carbocycles. The molecule has 0 aliphatic rings. The number of hydrogen-bond donors (Lipinski definition) is 3. The van der Waals surface area contributed by atoms with Crippen molar-refractivity contribution in [2.45, 2.75) is 26.7 Å². The normalized spacial score (nSPS) is 10.4. The number of aromatic hydroxyl groups is 1. The van der Waals surface area contributed by atoms with E-state index in [4.69, 9.17) is 5.11 Å². The Morgan fingerprint density at radius 2 is 2.00 bits per heavy atom. The Morgan fingerprint density at radius 3 is 2.56 bits per heavy atom. The molecule has 0 aromatic heterocycles. The van der Waals surface area contributed by atoms with Crippen LogP contribution in [-0.2, 0) is 4.79 Å². The fraction of sp³-hybridized carbons (Fsp3) is 0.385. The Kier molecular flexibility index (Phi) is 4.71. The summed E-state index contributed by atoms with van der Waals surface area (Å²) in [5.41, 5.74) is -0.0969. The third-order valence-electron chi connectivity index (χ3n) is 2.49. The highest BCUT2D eigenvalue weighted by atomic mass is 16.4. The van der Waals surface area contributed by atoms with Crippen molar-refractivity contribution in [1.29, 1.82) is 0 Å². The van der Waals surface area contributed by atoms with Gasteiger partial charge in [0.2, 0.25) is 5.91 Å². The minimum atomic E-state index is -1.23. The van der Waals surface area contributed by atoms with Gasteiger partial charge in [0.15, 0.2) is 5.75 Å². The monoisotopic (exact) mass is 251 g/mol. The van der Waals surface area contributed by atoms with E-state index in [1.807, 2.05) is 13.8 Å². The number of carboxylic acid groups (broad SMARTS) is 1. The van der Waals surface area contributed by atoms with Crippen LogP contribution in [0.2, 0.25) is 0 Å². The molecular formula is C13H17NO4. The van der Waals surface area contributed by atoms with Crippen molar-refractivity contribution in [3.63, 3.8) is 0 Å². The number of hydrogen-bond acceptors (Lipinski definition) is 3. The van der Waals surface area contributed by atoms with Gasteiger partial charge in [-0.25, -0.2) is 4.79 Å². The van der Waals surface area contributed by atoms with E-state index < -0.39 is 11.7 Å². The highest BCUT2D eigenvalue weighted by Gasteiger charge is 2.14. The summed E-state index contributed by atoms with van der Waals surface area (Å²) < 4.78 is 0. The zero-order chi connectivity index (χ0) is 13.7. The lowest BCUT2D eigenvalue weighted by Gasteiger charge is -2.09. The SMILES string of the molecule is CC(C)CCC(=O)Nc1cccc(C(=O)O)c1O. The Bertz CT molecular complexity index is 454. The second-order valence-electron chi connectivity index (χ2n) is 4.49. The van der Waals surface area contributed by atoms with E-state index in [-0.39, 0.29) is 17.2 Å². The molecule has 1 amide bonds. The summed E-state index contributed by atoms with van der Waals surface area (Å²) >= 11 is 0. The number of anilines is 1. The Balaban J connectivity index is 2.76. The fourth-order valence-corrected chi connectivity index (χ4v) is 1.45. The summed E-state index contributed by atoms with van der Waals surface area (Å²) in [4.78, 5) is 22.4. The zero-order valence-electron chi connectivity index (χ0n) is 10.4. The molecule has 0 spiro atoms. The van der Waals surface area contributed by atoms with Crippen molar-refractivity contribution < 1.29 is 19.8 Å². The summed E-state index contributed by atoms with van der Waals surface area (Å²) in [5, 5.41) is 21.0. The first-order valence-corrected chi connectivity index (χ1v) is 5.77. The van der Waals surface area contributed by atoms with Crippen LogP contribution in [0, 0.1) is 5.92 Å². The highest BCUT2D eigenvalue weighted by molar-refractivity contribution is 5.97. The molecule has 1 aromatic carbocycles. The highest BCUT2D eigenvalue weighted by Crippen LogP contribution is 2.27. The van der Waals surface area contributed by atoms with Gasteiger partial charge in [0.25, 0.3) is 0 Å². The maximum Gasteiger partial charge on any atom is 0.339 e. The largest absolute Gasteiger partial charge is 0.505 e. The zero-order valence-corrected chi connectivity index (χ0v) is 10.4. The minimum absolute atomic E-state index is 0.128. The molecule has 0 fully saturated rings. The molecule has 5 heteroatoms. The molecular weight excluding hydrogens is 234 g/mol. The lowest BCUT2D eigenvalue weighted by Crippen LogP contribution is -2.13. The van der Waals surface area contributed by atoms with Crippen LogP contribution in [0.3, 0.4) is 0 Å². The maximum atomic E-state index is 11.6. The quantitative estimate of drug-likeness (QED) is 0.701. The molecule has 1 rings (SSSR count). The van der Waals surface area contributed by atoms with E-state index in [1.54, 1.807) is 0 Å². The summed E-state index contributed by atoms with van der Waals surface area (Å²) in [6.07, 6.45) is 1.08. The number of carboxylic acids is 1. The lowest BCUT2D eigenvalue weighted by molar-refractivity contribution is -0.116. The number of carbonyl (C=O) groups excluding carboxylic acids is 1. The third kappa shape index (κ3) is 3.76. The Hall–Kier alpha value is -2.04. The first-order valence-electron chi connectivity index (χ1n) is 5.77. The molecule has 0 saturated heterocycles. The second kappa shape index (κ2) is 6.05. The predicted molar refractivity (Wildman–Crippen MR) is 67.8 cm³/mol. The number of phenols is 1. The van der Waals surface area contributed by atoms with E-state index in [0.29, 0.717) is 12.3 Å². The molecule has 0 atom stereocenters. The standard InChI is InChI=1S/C13H17NO4/c1-8(2)6-7-11(15)14-10-5-3-4-9(12(10)16)13(17)18/h3-5,8,16H,6-7H2,1-2H3,(H,14,15)(H,17,18). The van der Waals surface area contributed by atoms with Gasteiger partial charge in [-0.1, -0.05) is 19.9 Å². The van der Waals surface area contributed by atoms with E-state index in [2.05, 4.69) is 5.32 Å². The maximum absolute atomic E-state index is 11.6. The molecule has 0 heterocycles. The third-order valence-corrected chi connectivity index (χ3v) is 2.49. The van der Waals surface area contributed by atoms with Gasteiger partial charge in [-0.15, -0.1) is 0 Å². The van der Waals surface area contributed by atoms with Crippen molar-refractivity contribution in [3.05, 3.63) is 23.8 Å². The fourth-order valence-electron chi connectivity index (χ4n) is 1.45. The van der Waals surface area contributed by atoms with Crippen molar-refractivity contribution in [1.82, 2.24) is 0 Å². The summed E-state index contributed by atoms with van der Waals surface area (Å²) in [7, 11) is 0. The number of benzene rings is 1. The lowest BCUT2D eigenvalue weighted by atomic mass is 10.1. The minimum Gasteiger partial charge on any atom is -0.505 e. The predicted octanol–water partition coefficient (Wildman–Crippen LogP) is 2.47. The van der Waals surface area contributed by atoms with Crippen LogP contribution >= 0.6 is 0 Å². The summed E-state index contributed by atoms with van der Waals surface area (Å²) in [6, 6.07) is 4.22. The van der Waals surface area contributed by atoms with Crippen molar-refractivity contribution in [3.8, 4) is 5.75 Å². The van der Waals surface area contributed by atoms with Gasteiger partial charge in [-0.2, -0.15) is 0 Å². The average molecular weight is 251 g/mol. The van der Waals surface area contributed by atoms with E-state index in [0.717, 1.165) is 6.42 Å². The first kappa shape index (κ1) is 14.0. The molecule has 0 aliphatic carbocycles. The number of nitrogens with one attached hydrogen (secondary N) is 1. The number of amides is 1. The first-order chi connectivity index (χ1) is 8.41. The van der Waals surface area contributed by atoms with Gasteiger partial charge in [-0.05, 0) is 24.5 Å². The van der Waals surface area contributed by atoms with Gasteiger partial charge in [0.05, 0.1) is 5.69 Å². The van der Waals surface area contributed by atoms with Crippen LogP contribution in [-0.4, -0.2) is 22.1 Å². The molecule has 5 nitrogen and oxygen atoms in total. The Labute approximate surface area is 105 Å².